The molecule has 1 aliphatic rings. The third-order valence-corrected chi connectivity index (χ3v) is 7.61. The van der Waals surface area contributed by atoms with E-state index in [-0.39, 0.29) is 24.5 Å². The molecule has 3 aromatic carbocycles. The van der Waals surface area contributed by atoms with Crippen molar-refractivity contribution in [1.29, 1.82) is 0 Å². The molecule has 0 bridgehead atoms. The predicted molar refractivity (Wildman–Crippen MR) is 139 cm³/mol. The van der Waals surface area contributed by atoms with Gasteiger partial charge in [0, 0.05) is 30.5 Å². The normalized spacial score (nSPS) is 18.7. The molecule has 220 valence electrons. The van der Waals surface area contributed by atoms with Gasteiger partial charge in [-0.15, -0.1) is 5.10 Å². The molecule has 2 heterocycles. The number of aromatic nitrogens is 4. The van der Waals surface area contributed by atoms with Crippen molar-refractivity contribution in [2.45, 2.75) is 36.7 Å². The Bertz CT molecular complexity index is 1560. The Balaban J connectivity index is 1.34. The van der Waals surface area contributed by atoms with Gasteiger partial charge in [0.15, 0.2) is 29.6 Å². The smallest absolute Gasteiger partial charge is 0.261 e. The zero-order valence-electron chi connectivity index (χ0n) is 21.7. The first-order valence-electron chi connectivity index (χ1n) is 12.4. The minimum atomic E-state index is -2.36. The SMILES string of the molecule is Cn1nnnc1SCC1CC(c2ccc(CO)cc2)OC(c2ccc(NC(=O)c3c(F)c(F)c(F)c(F)c3F)cc2)O1. The van der Waals surface area contributed by atoms with Gasteiger partial charge in [-0.3, -0.25) is 4.79 Å². The number of hydrogen-bond acceptors (Lipinski definition) is 8. The topological polar surface area (TPSA) is 111 Å². The van der Waals surface area contributed by atoms with Crippen molar-refractivity contribution < 1.29 is 41.3 Å². The Morgan fingerprint density at radius 1 is 0.952 bits per heavy atom. The van der Waals surface area contributed by atoms with Gasteiger partial charge in [-0.2, -0.15) is 0 Å². The number of ether oxygens (including phenoxy) is 2. The molecule has 9 nitrogen and oxygen atoms in total. The molecule has 1 aliphatic heterocycles. The Hall–Kier alpha value is -3.92. The number of amides is 1. The second-order valence-corrected chi connectivity index (χ2v) is 10.3. The van der Waals surface area contributed by atoms with Gasteiger partial charge >= 0.3 is 0 Å². The van der Waals surface area contributed by atoms with Crippen LogP contribution in [0.4, 0.5) is 27.6 Å². The Morgan fingerprint density at radius 2 is 1.57 bits per heavy atom. The van der Waals surface area contributed by atoms with Gasteiger partial charge in [-0.25, -0.2) is 26.6 Å². The summed E-state index contributed by atoms with van der Waals surface area (Å²) in [6.07, 6.45) is -1.04. The van der Waals surface area contributed by atoms with E-state index in [1.165, 1.54) is 40.7 Å². The summed E-state index contributed by atoms with van der Waals surface area (Å²) in [5.74, 6) is -12.3. The van der Waals surface area contributed by atoms with E-state index in [0.717, 1.165) is 11.1 Å². The van der Waals surface area contributed by atoms with Crippen LogP contribution in [0.3, 0.4) is 0 Å². The first-order chi connectivity index (χ1) is 20.2. The number of carbonyl (C=O) groups is 1. The van der Waals surface area contributed by atoms with E-state index in [1.807, 2.05) is 12.1 Å². The average Bonchev–Trinajstić information content (AvgIpc) is 3.42. The van der Waals surface area contributed by atoms with E-state index >= 15 is 0 Å². The van der Waals surface area contributed by atoms with E-state index in [2.05, 4.69) is 20.8 Å². The van der Waals surface area contributed by atoms with Gasteiger partial charge in [0.1, 0.15) is 5.56 Å². The standard InChI is InChI=1S/C27H22F5N5O4S/c1-37-27(34-35-36-37)42-12-17-10-18(14-4-2-13(11-38)3-5-14)41-26(40-17)15-6-8-16(9-7-15)33-25(39)19-20(28)22(30)24(32)23(31)21(19)29/h2-9,17-18,26,38H,10-12H2,1H3,(H,33,39). The zero-order chi connectivity index (χ0) is 30.0. The fraction of sp³-hybridized carbons (Fsp3) is 0.259. The first-order valence-corrected chi connectivity index (χ1v) is 13.4. The zero-order valence-corrected chi connectivity index (χ0v) is 22.5. The molecule has 0 radical (unpaired) electrons. The molecule has 3 atom stereocenters. The Labute approximate surface area is 239 Å². The quantitative estimate of drug-likeness (QED) is 0.125. The number of aliphatic hydroxyl groups is 1. The highest BCUT2D eigenvalue weighted by molar-refractivity contribution is 7.99. The molecule has 1 fully saturated rings. The maximum atomic E-state index is 14.1. The Kier molecular flexibility index (Phi) is 8.82. The fourth-order valence-electron chi connectivity index (χ4n) is 4.26. The van der Waals surface area contributed by atoms with Crippen LogP contribution in [0.15, 0.2) is 53.7 Å². The van der Waals surface area contributed by atoms with Crippen LogP contribution >= 0.6 is 11.8 Å². The summed E-state index contributed by atoms with van der Waals surface area (Å²) in [6, 6.07) is 13.1. The van der Waals surface area contributed by atoms with Crippen LogP contribution in [0.1, 0.15) is 45.9 Å². The van der Waals surface area contributed by atoms with Crippen LogP contribution in [0.25, 0.3) is 0 Å². The number of thioether (sulfide) groups is 1. The van der Waals surface area contributed by atoms with Gasteiger partial charge in [0.2, 0.25) is 11.0 Å². The Morgan fingerprint density at radius 3 is 2.17 bits per heavy atom. The number of nitrogens with one attached hydrogen (secondary N) is 1. The number of anilines is 1. The van der Waals surface area contributed by atoms with Crippen molar-refractivity contribution in [3.63, 3.8) is 0 Å². The molecule has 1 aromatic heterocycles. The summed E-state index contributed by atoms with van der Waals surface area (Å²) < 4.78 is 82.5. The molecule has 0 saturated carbocycles. The lowest BCUT2D eigenvalue weighted by Crippen LogP contribution is -2.31. The van der Waals surface area contributed by atoms with Gasteiger partial charge < -0.3 is 19.9 Å². The monoisotopic (exact) mass is 607 g/mol. The molecule has 4 aromatic rings. The van der Waals surface area contributed by atoms with E-state index in [4.69, 9.17) is 9.47 Å². The highest BCUT2D eigenvalue weighted by atomic mass is 32.2. The highest BCUT2D eigenvalue weighted by Gasteiger charge is 2.33. The number of halogens is 5. The lowest BCUT2D eigenvalue weighted by atomic mass is 10.0. The molecular weight excluding hydrogens is 585 g/mol. The maximum absolute atomic E-state index is 14.1. The van der Waals surface area contributed by atoms with E-state index < -0.39 is 46.8 Å². The second-order valence-electron chi connectivity index (χ2n) is 9.27. The van der Waals surface area contributed by atoms with Gasteiger partial charge in [-0.1, -0.05) is 48.2 Å². The van der Waals surface area contributed by atoms with Crippen LogP contribution in [0.5, 0.6) is 0 Å². The molecule has 1 saturated heterocycles. The average molecular weight is 608 g/mol. The summed E-state index contributed by atoms with van der Waals surface area (Å²) in [5.41, 5.74) is 0.580. The van der Waals surface area contributed by atoms with Gasteiger partial charge in [0.05, 0.1) is 18.8 Å². The van der Waals surface area contributed by atoms with Crippen LogP contribution in [-0.4, -0.2) is 43.1 Å². The number of benzene rings is 3. The number of tetrazole rings is 1. The molecular formula is C27H22F5N5O4S. The summed E-state index contributed by atoms with van der Waals surface area (Å²) in [4.78, 5) is 12.4. The number of hydrogen-bond donors (Lipinski definition) is 2. The predicted octanol–water partition coefficient (Wildman–Crippen LogP) is 4.99. The summed E-state index contributed by atoms with van der Waals surface area (Å²) >= 11 is 1.40. The number of carbonyl (C=O) groups excluding carboxylic acids is 1. The minimum Gasteiger partial charge on any atom is -0.392 e. The van der Waals surface area contributed by atoms with Crippen LogP contribution in [0, 0.1) is 29.1 Å². The van der Waals surface area contributed by atoms with Crippen LogP contribution < -0.4 is 5.32 Å². The molecule has 0 spiro atoms. The first kappa shape index (κ1) is 29.6. The van der Waals surface area contributed by atoms with E-state index in [0.29, 0.717) is 22.9 Å². The molecule has 42 heavy (non-hydrogen) atoms. The second kappa shape index (κ2) is 12.5. The van der Waals surface area contributed by atoms with Gasteiger partial charge in [-0.05, 0) is 33.7 Å². The van der Waals surface area contributed by atoms with Crippen molar-refractivity contribution in [2.24, 2.45) is 7.05 Å². The highest BCUT2D eigenvalue weighted by Crippen LogP contribution is 2.39. The fourth-order valence-corrected chi connectivity index (χ4v) is 5.12. The van der Waals surface area contributed by atoms with Gasteiger partial charge in [0.25, 0.3) is 5.91 Å². The summed E-state index contributed by atoms with van der Waals surface area (Å²) in [7, 11) is 1.72. The van der Waals surface area contributed by atoms with Crippen molar-refractivity contribution in [1.82, 2.24) is 20.2 Å². The number of rotatable bonds is 8. The lowest BCUT2D eigenvalue weighted by Gasteiger charge is -2.36. The lowest BCUT2D eigenvalue weighted by molar-refractivity contribution is -0.245. The largest absolute Gasteiger partial charge is 0.392 e. The number of aryl methyl sites for hydroxylation is 1. The molecule has 15 heteroatoms. The summed E-state index contributed by atoms with van der Waals surface area (Å²) in [6.45, 7) is -0.101. The molecule has 2 N–H and O–H groups in total. The van der Waals surface area contributed by atoms with Crippen LogP contribution in [0.2, 0.25) is 0 Å². The van der Waals surface area contributed by atoms with Crippen molar-refractivity contribution in [3.05, 3.63) is 99.9 Å². The van der Waals surface area contributed by atoms with E-state index in [1.54, 1.807) is 19.2 Å². The number of nitrogens with zero attached hydrogens (tertiary/aromatic N) is 4. The maximum Gasteiger partial charge on any atom is 0.261 e. The summed E-state index contributed by atoms with van der Waals surface area (Å²) in [5, 5.41) is 23.5. The van der Waals surface area contributed by atoms with Crippen LogP contribution in [-0.2, 0) is 23.1 Å². The molecule has 0 aliphatic carbocycles. The molecule has 5 rings (SSSR count). The van der Waals surface area contributed by atoms with Crippen molar-refractivity contribution >= 4 is 23.4 Å². The minimum absolute atomic E-state index is 0.0292. The molecule has 1 amide bonds. The number of aliphatic hydroxyl groups excluding tert-OH is 1. The third-order valence-electron chi connectivity index (χ3n) is 6.47. The third kappa shape index (κ3) is 6.13. The van der Waals surface area contributed by atoms with Crippen molar-refractivity contribution in [2.75, 3.05) is 11.1 Å². The van der Waals surface area contributed by atoms with Crippen molar-refractivity contribution in [3.8, 4) is 0 Å². The van der Waals surface area contributed by atoms with E-state index in [9.17, 15) is 31.9 Å². The molecule has 3 unspecified atom stereocenters.